The van der Waals surface area contributed by atoms with Gasteiger partial charge in [-0.1, -0.05) is 188 Å². The standard InChI is InChI=1S/C67H43NS2/c1-3-19-50(20-4-1)67(51-21-5-2-6-22-51)59-27-10-7-26-56(59)66-60(67)28-15-29-61(66)68(53-23-14-18-47(41-53)49-35-39-65-58(43-49)55-25-9-12-31-63(55)70-65)52-36-32-44(33-37-52)45-16-13-17-46(40-45)48-34-38-64-57(42-48)54-24-8-11-30-62(54)69-64/h1-43H. The van der Waals surface area contributed by atoms with Crippen LogP contribution in [0.3, 0.4) is 0 Å². The van der Waals surface area contributed by atoms with Crippen LogP contribution in [0.4, 0.5) is 17.1 Å². The first kappa shape index (κ1) is 40.7. The number of benzene rings is 11. The Morgan fingerprint density at radius 3 is 1.40 bits per heavy atom. The molecule has 1 aliphatic carbocycles. The SMILES string of the molecule is c1ccc(C2(c3ccccc3)c3ccccc3-c3c(N(c4ccc(-c5cccc(-c6ccc7sc8ccccc8c7c6)c5)cc4)c4cccc(-c5ccc6sc7ccccc7c6c5)c4)cccc32)cc1. The van der Waals surface area contributed by atoms with Crippen molar-refractivity contribution >= 4 is 80.1 Å². The highest BCUT2D eigenvalue weighted by molar-refractivity contribution is 7.26. The minimum Gasteiger partial charge on any atom is -0.310 e. The molecule has 328 valence electrons. The molecule has 0 bridgehead atoms. The maximum atomic E-state index is 2.49. The summed E-state index contributed by atoms with van der Waals surface area (Å²) < 4.78 is 5.28. The molecular formula is C67H43NS2. The predicted octanol–water partition coefficient (Wildman–Crippen LogP) is 19.3. The summed E-state index contributed by atoms with van der Waals surface area (Å²) in [5.74, 6) is 0. The number of hydrogen-bond donors (Lipinski definition) is 0. The molecule has 1 aliphatic rings. The summed E-state index contributed by atoms with van der Waals surface area (Å²) >= 11 is 3.73. The normalized spacial score (nSPS) is 12.7. The van der Waals surface area contributed by atoms with Crippen LogP contribution in [0.2, 0.25) is 0 Å². The molecule has 0 fully saturated rings. The second-order valence-corrected chi connectivity index (χ2v) is 20.5. The maximum Gasteiger partial charge on any atom is 0.0714 e. The van der Waals surface area contributed by atoms with Gasteiger partial charge in [-0.15, -0.1) is 22.7 Å². The smallest absolute Gasteiger partial charge is 0.0714 e. The second kappa shape index (κ2) is 16.4. The Bertz CT molecular complexity index is 4090. The lowest BCUT2D eigenvalue weighted by molar-refractivity contribution is 0.768. The van der Waals surface area contributed by atoms with E-state index in [1.807, 2.05) is 22.7 Å². The minimum atomic E-state index is -0.521. The van der Waals surface area contributed by atoms with Gasteiger partial charge >= 0.3 is 0 Å². The van der Waals surface area contributed by atoms with E-state index in [9.17, 15) is 0 Å². The third-order valence-corrected chi connectivity index (χ3v) is 16.9. The van der Waals surface area contributed by atoms with Crippen molar-refractivity contribution in [1.29, 1.82) is 0 Å². The molecule has 13 aromatic rings. The molecule has 0 aliphatic heterocycles. The van der Waals surface area contributed by atoms with Gasteiger partial charge in [0.1, 0.15) is 0 Å². The van der Waals surface area contributed by atoms with E-state index in [2.05, 4.69) is 266 Å². The fourth-order valence-corrected chi connectivity index (χ4v) is 13.6. The minimum absolute atomic E-state index is 0.521. The highest BCUT2D eigenvalue weighted by Crippen LogP contribution is 2.59. The predicted molar refractivity (Wildman–Crippen MR) is 301 cm³/mol. The average molecular weight is 926 g/mol. The molecule has 0 spiro atoms. The van der Waals surface area contributed by atoms with Gasteiger partial charge in [-0.2, -0.15) is 0 Å². The monoisotopic (exact) mass is 925 g/mol. The van der Waals surface area contributed by atoms with E-state index in [4.69, 9.17) is 0 Å². The molecule has 70 heavy (non-hydrogen) atoms. The Morgan fingerprint density at radius 2 is 0.757 bits per heavy atom. The zero-order chi connectivity index (χ0) is 46.2. The first-order valence-corrected chi connectivity index (χ1v) is 25.6. The Balaban J connectivity index is 0.938. The van der Waals surface area contributed by atoms with Crippen molar-refractivity contribution in [3.63, 3.8) is 0 Å². The van der Waals surface area contributed by atoms with Gasteiger partial charge in [0.05, 0.1) is 11.1 Å². The Labute approximate surface area is 415 Å². The number of anilines is 3. The van der Waals surface area contributed by atoms with Crippen LogP contribution < -0.4 is 4.90 Å². The van der Waals surface area contributed by atoms with Crippen LogP contribution >= 0.6 is 22.7 Å². The number of thiophene rings is 2. The Kier molecular flexibility index (Phi) is 9.55. The molecule has 0 radical (unpaired) electrons. The zero-order valence-corrected chi connectivity index (χ0v) is 39.7. The third-order valence-electron chi connectivity index (χ3n) is 14.5. The Hall–Kier alpha value is -8.34. The van der Waals surface area contributed by atoms with E-state index < -0.39 is 5.41 Å². The van der Waals surface area contributed by atoms with Crippen molar-refractivity contribution in [3.05, 3.63) is 283 Å². The molecule has 2 aromatic heterocycles. The molecule has 14 rings (SSSR count). The van der Waals surface area contributed by atoms with Crippen LogP contribution in [0.1, 0.15) is 22.3 Å². The molecule has 0 atom stereocenters. The summed E-state index contributed by atoms with van der Waals surface area (Å²) in [7, 11) is 0. The summed E-state index contributed by atoms with van der Waals surface area (Å²) in [6, 6.07) is 96.9. The van der Waals surface area contributed by atoms with Gasteiger partial charge in [-0.3, -0.25) is 0 Å². The van der Waals surface area contributed by atoms with Crippen LogP contribution in [0.15, 0.2) is 261 Å². The lowest BCUT2D eigenvalue weighted by Crippen LogP contribution is -2.28. The maximum absolute atomic E-state index is 2.49. The number of fused-ring (bicyclic) bond motifs is 9. The second-order valence-electron chi connectivity index (χ2n) is 18.4. The van der Waals surface area contributed by atoms with Crippen molar-refractivity contribution < 1.29 is 0 Å². The van der Waals surface area contributed by atoms with E-state index >= 15 is 0 Å². The zero-order valence-electron chi connectivity index (χ0n) is 38.1. The topological polar surface area (TPSA) is 3.24 Å². The largest absolute Gasteiger partial charge is 0.310 e. The average Bonchev–Trinajstić information content (AvgIpc) is 4.10. The molecule has 11 aromatic carbocycles. The number of nitrogens with zero attached hydrogens (tertiary/aromatic N) is 1. The summed E-state index contributed by atoms with van der Waals surface area (Å²) in [4.78, 5) is 2.49. The first-order chi connectivity index (χ1) is 34.7. The summed E-state index contributed by atoms with van der Waals surface area (Å²) in [5, 5.41) is 5.25. The van der Waals surface area contributed by atoms with Crippen molar-refractivity contribution in [2.45, 2.75) is 5.41 Å². The summed E-state index contributed by atoms with van der Waals surface area (Å²) in [6.07, 6.45) is 0. The van der Waals surface area contributed by atoms with Crippen LogP contribution in [0.5, 0.6) is 0 Å². The van der Waals surface area contributed by atoms with E-state index in [-0.39, 0.29) is 0 Å². The van der Waals surface area contributed by atoms with Crippen molar-refractivity contribution in [2.24, 2.45) is 0 Å². The van der Waals surface area contributed by atoms with Gasteiger partial charge in [-0.05, 0) is 134 Å². The van der Waals surface area contributed by atoms with Gasteiger partial charge in [0, 0.05) is 57.3 Å². The van der Waals surface area contributed by atoms with E-state index in [0.29, 0.717) is 0 Å². The Morgan fingerprint density at radius 1 is 0.286 bits per heavy atom. The fraction of sp³-hybridized carbons (Fsp3) is 0.0149. The highest BCUT2D eigenvalue weighted by atomic mass is 32.1. The number of rotatable bonds is 8. The number of hydrogen-bond acceptors (Lipinski definition) is 3. The van der Waals surface area contributed by atoms with Gasteiger partial charge in [0.15, 0.2) is 0 Å². The van der Waals surface area contributed by atoms with Crippen LogP contribution in [-0.2, 0) is 5.41 Å². The van der Waals surface area contributed by atoms with Crippen molar-refractivity contribution in [2.75, 3.05) is 4.90 Å². The van der Waals surface area contributed by atoms with Gasteiger partial charge < -0.3 is 4.90 Å². The quantitative estimate of drug-likeness (QED) is 0.147. The van der Waals surface area contributed by atoms with Gasteiger partial charge in [-0.25, -0.2) is 0 Å². The van der Waals surface area contributed by atoms with Crippen LogP contribution in [0.25, 0.3) is 84.9 Å². The van der Waals surface area contributed by atoms with E-state index in [0.717, 1.165) is 17.1 Å². The van der Waals surface area contributed by atoms with Crippen molar-refractivity contribution in [3.8, 4) is 44.5 Å². The highest BCUT2D eigenvalue weighted by Gasteiger charge is 2.47. The third kappa shape index (κ3) is 6.43. The molecule has 0 unspecified atom stereocenters. The molecule has 0 N–H and O–H groups in total. The van der Waals surface area contributed by atoms with Crippen LogP contribution in [-0.4, -0.2) is 0 Å². The van der Waals surface area contributed by atoms with Gasteiger partial charge in [0.2, 0.25) is 0 Å². The molecule has 1 nitrogen and oxygen atoms in total. The lowest BCUT2D eigenvalue weighted by atomic mass is 9.68. The molecule has 0 amide bonds. The van der Waals surface area contributed by atoms with Crippen molar-refractivity contribution in [1.82, 2.24) is 0 Å². The summed E-state index contributed by atoms with van der Waals surface area (Å²) in [5.41, 5.74) is 17.6. The van der Waals surface area contributed by atoms with E-state index in [1.54, 1.807) is 0 Å². The van der Waals surface area contributed by atoms with Gasteiger partial charge in [0.25, 0.3) is 0 Å². The molecular weight excluding hydrogens is 883 g/mol. The first-order valence-electron chi connectivity index (χ1n) is 24.0. The summed E-state index contributed by atoms with van der Waals surface area (Å²) in [6.45, 7) is 0. The van der Waals surface area contributed by atoms with E-state index in [1.165, 1.54) is 107 Å². The lowest BCUT2D eigenvalue weighted by Gasteiger charge is -2.34. The molecule has 3 heteroatoms. The molecule has 2 heterocycles. The molecule has 0 saturated heterocycles. The van der Waals surface area contributed by atoms with Crippen LogP contribution in [0, 0.1) is 0 Å². The fourth-order valence-electron chi connectivity index (χ4n) is 11.4. The molecule has 0 saturated carbocycles.